The molecule has 5 heteroatoms. The first-order valence-corrected chi connectivity index (χ1v) is 7.50. The van der Waals surface area contributed by atoms with E-state index in [9.17, 15) is 0 Å². The van der Waals surface area contributed by atoms with Gasteiger partial charge in [0.1, 0.15) is 0 Å². The van der Waals surface area contributed by atoms with E-state index in [1.54, 1.807) is 11.8 Å². The standard InChI is InChI=1S/C15H18N4S/c1-10(16)15(12-8-17-19(2)9-12)20-14-7-11-5-3-4-6-13(11)18-14/h3-10,15,18H,16H2,1-2H3. The topological polar surface area (TPSA) is 59.6 Å². The minimum atomic E-state index is 0.0515. The summed E-state index contributed by atoms with van der Waals surface area (Å²) in [6.45, 7) is 2.04. The van der Waals surface area contributed by atoms with E-state index in [0.717, 1.165) is 16.1 Å². The monoisotopic (exact) mass is 286 g/mol. The van der Waals surface area contributed by atoms with Crippen molar-refractivity contribution >= 4 is 22.7 Å². The number of hydrogen-bond donors (Lipinski definition) is 2. The van der Waals surface area contributed by atoms with Gasteiger partial charge in [0.15, 0.2) is 0 Å². The third-order valence-electron chi connectivity index (χ3n) is 3.29. The van der Waals surface area contributed by atoms with Crippen molar-refractivity contribution in [3.63, 3.8) is 0 Å². The van der Waals surface area contributed by atoms with Crippen LogP contribution in [0, 0.1) is 0 Å². The Morgan fingerprint density at radius 1 is 1.35 bits per heavy atom. The number of benzene rings is 1. The Morgan fingerprint density at radius 2 is 2.15 bits per heavy atom. The highest BCUT2D eigenvalue weighted by Gasteiger charge is 2.20. The molecule has 2 aromatic heterocycles. The van der Waals surface area contributed by atoms with Crippen molar-refractivity contribution in [2.24, 2.45) is 12.8 Å². The highest BCUT2D eigenvalue weighted by Crippen LogP contribution is 2.37. The Hall–Kier alpha value is -1.72. The van der Waals surface area contributed by atoms with Crippen LogP contribution in [0.25, 0.3) is 10.9 Å². The molecule has 0 aliphatic rings. The van der Waals surface area contributed by atoms with Gasteiger partial charge in [-0.25, -0.2) is 0 Å². The number of rotatable bonds is 4. The largest absolute Gasteiger partial charge is 0.350 e. The van der Waals surface area contributed by atoms with Gasteiger partial charge >= 0.3 is 0 Å². The molecule has 0 radical (unpaired) electrons. The normalized spacial score (nSPS) is 14.6. The van der Waals surface area contributed by atoms with Crippen LogP contribution in [-0.4, -0.2) is 20.8 Å². The van der Waals surface area contributed by atoms with Gasteiger partial charge in [0.25, 0.3) is 0 Å². The van der Waals surface area contributed by atoms with Crippen molar-refractivity contribution in [3.8, 4) is 0 Å². The van der Waals surface area contributed by atoms with Crippen LogP contribution < -0.4 is 5.73 Å². The first-order valence-electron chi connectivity index (χ1n) is 6.62. The molecule has 2 atom stereocenters. The predicted octanol–water partition coefficient (Wildman–Crippen LogP) is 3.08. The molecule has 0 aliphatic heterocycles. The zero-order valence-electron chi connectivity index (χ0n) is 11.6. The second kappa shape index (κ2) is 5.34. The molecule has 3 N–H and O–H groups in total. The summed E-state index contributed by atoms with van der Waals surface area (Å²) in [5, 5.41) is 6.80. The molecule has 20 heavy (non-hydrogen) atoms. The number of aryl methyl sites for hydroxylation is 1. The van der Waals surface area contributed by atoms with Gasteiger partial charge in [-0.05, 0) is 19.1 Å². The van der Waals surface area contributed by atoms with Gasteiger partial charge in [-0.1, -0.05) is 30.0 Å². The molecule has 0 saturated carbocycles. The van der Waals surface area contributed by atoms with E-state index >= 15 is 0 Å². The van der Waals surface area contributed by atoms with E-state index < -0.39 is 0 Å². The van der Waals surface area contributed by atoms with Crippen molar-refractivity contribution < 1.29 is 0 Å². The summed E-state index contributed by atoms with van der Waals surface area (Å²) in [7, 11) is 1.93. The van der Waals surface area contributed by atoms with Crippen LogP contribution in [0.15, 0.2) is 47.8 Å². The van der Waals surface area contributed by atoms with Crippen molar-refractivity contribution in [2.45, 2.75) is 23.2 Å². The maximum Gasteiger partial charge on any atom is 0.0739 e. The van der Waals surface area contributed by atoms with Gasteiger partial charge in [-0.2, -0.15) is 5.10 Å². The van der Waals surface area contributed by atoms with Crippen molar-refractivity contribution in [2.75, 3.05) is 0 Å². The van der Waals surface area contributed by atoms with E-state index in [1.807, 2.05) is 37.1 Å². The van der Waals surface area contributed by atoms with Crippen LogP contribution in [-0.2, 0) is 7.05 Å². The van der Waals surface area contributed by atoms with Gasteiger partial charge in [-0.15, -0.1) is 0 Å². The molecule has 3 aromatic rings. The van der Waals surface area contributed by atoms with Crippen LogP contribution in [0.5, 0.6) is 0 Å². The van der Waals surface area contributed by atoms with E-state index in [1.165, 1.54) is 5.39 Å². The minimum absolute atomic E-state index is 0.0515. The molecule has 4 nitrogen and oxygen atoms in total. The lowest BCUT2D eigenvalue weighted by Crippen LogP contribution is -2.22. The fraction of sp³-hybridized carbons (Fsp3) is 0.267. The van der Waals surface area contributed by atoms with Crippen LogP contribution in [0.2, 0.25) is 0 Å². The Balaban J connectivity index is 1.89. The molecule has 0 amide bonds. The smallest absolute Gasteiger partial charge is 0.0739 e. The Bertz CT molecular complexity index is 680. The minimum Gasteiger partial charge on any atom is -0.350 e. The molecule has 0 aliphatic carbocycles. The number of nitrogens with one attached hydrogen (secondary N) is 1. The van der Waals surface area contributed by atoms with Gasteiger partial charge < -0.3 is 10.7 Å². The lowest BCUT2D eigenvalue weighted by atomic mass is 10.1. The zero-order chi connectivity index (χ0) is 14.1. The average Bonchev–Trinajstić information content (AvgIpc) is 3.01. The number of hydrogen-bond acceptors (Lipinski definition) is 3. The molecule has 0 bridgehead atoms. The molecular formula is C15H18N4S. The number of nitrogens with zero attached hydrogens (tertiary/aromatic N) is 2. The first-order chi connectivity index (χ1) is 9.63. The molecule has 0 spiro atoms. The number of aromatic nitrogens is 3. The van der Waals surface area contributed by atoms with E-state index in [4.69, 9.17) is 5.73 Å². The second-order valence-corrected chi connectivity index (χ2v) is 6.25. The van der Waals surface area contributed by atoms with E-state index in [0.29, 0.717) is 0 Å². The summed E-state index contributed by atoms with van der Waals surface area (Å²) >= 11 is 1.76. The first kappa shape index (κ1) is 13.3. The Kier molecular flexibility index (Phi) is 3.54. The SMILES string of the molecule is CC(N)C(Sc1cc2ccccc2[nH]1)c1cnn(C)c1. The summed E-state index contributed by atoms with van der Waals surface area (Å²) in [5.74, 6) is 0. The molecule has 2 unspecified atom stereocenters. The number of aromatic amines is 1. The Morgan fingerprint density at radius 3 is 2.80 bits per heavy atom. The molecule has 0 fully saturated rings. The maximum atomic E-state index is 6.15. The highest BCUT2D eigenvalue weighted by molar-refractivity contribution is 7.99. The number of fused-ring (bicyclic) bond motifs is 1. The number of H-pyrrole nitrogens is 1. The highest BCUT2D eigenvalue weighted by atomic mass is 32.2. The quantitative estimate of drug-likeness (QED) is 0.725. The number of nitrogens with two attached hydrogens (primary N) is 1. The van der Waals surface area contributed by atoms with Crippen LogP contribution in [0.3, 0.4) is 0 Å². The lowest BCUT2D eigenvalue weighted by molar-refractivity contribution is 0.717. The number of para-hydroxylation sites is 1. The van der Waals surface area contributed by atoms with E-state index in [-0.39, 0.29) is 11.3 Å². The zero-order valence-corrected chi connectivity index (χ0v) is 12.4. The summed E-state index contributed by atoms with van der Waals surface area (Å²) in [4.78, 5) is 3.44. The average molecular weight is 286 g/mol. The van der Waals surface area contributed by atoms with Gasteiger partial charge in [0, 0.05) is 35.8 Å². The third-order valence-corrected chi connectivity index (χ3v) is 4.72. The van der Waals surface area contributed by atoms with E-state index in [2.05, 4.69) is 34.3 Å². The lowest BCUT2D eigenvalue weighted by Gasteiger charge is -2.17. The summed E-state index contributed by atoms with van der Waals surface area (Å²) in [5.41, 5.74) is 8.46. The van der Waals surface area contributed by atoms with Gasteiger partial charge in [-0.3, -0.25) is 4.68 Å². The summed E-state index contributed by atoms with van der Waals surface area (Å²) in [6, 6.07) is 10.5. The molecular weight excluding hydrogens is 268 g/mol. The van der Waals surface area contributed by atoms with Crippen molar-refractivity contribution in [1.29, 1.82) is 0 Å². The molecule has 104 valence electrons. The predicted molar refractivity (Wildman–Crippen MR) is 83.8 cm³/mol. The fourth-order valence-corrected chi connectivity index (χ4v) is 3.42. The van der Waals surface area contributed by atoms with Crippen LogP contribution in [0.1, 0.15) is 17.7 Å². The Labute approximate surface area is 122 Å². The van der Waals surface area contributed by atoms with Gasteiger partial charge in [0.2, 0.25) is 0 Å². The van der Waals surface area contributed by atoms with Crippen LogP contribution in [0.4, 0.5) is 0 Å². The van der Waals surface area contributed by atoms with Crippen molar-refractivity contribution in [1.82, 2.24) is 14.8 Å². The fourth-order valence-electron chi connectivity index (χ4n) is 2.31. The van der Waals surface area contributed by atoms with Crippen molar-refractivity contribution in [3.05, 3.63) is 48.3 Å². The molecule has 0 saturated heterocycles. The maximum absolute atomic E-state index is 6.15. The molecule has 1 aromatic carbocycles. The second-order valence-electron chi connectivity index (χ2n) is 5.07. The van der Waals surface area contributed by atoms with Gasteiger partial charge in [0.05, 0.1) is 16.5 Å². The summed E-state index contributed by atoms with van der Waals surface area (Å²) in [6.07, 6.45) is 3.92. The number of thioether (sulfide) groups is 1. The molecule has 2 heterocycles. The van der Waals surface area contributed by atoms with Crippen LogP contribution >= 0.6 is 11.8 Å². The third kappa shape index (κ3) is 2.59. The summed E-state index contributed by atoms with van der Waals surface area (Å²) < 4.78 is 1.82. The molecule has 3 rings (SSSR count).